The minimum Gasteiger partial charge on any atom is -0.309 e. The largest absolute Gasteiger partial charge is 0.309 e. The van der Waals surface area contributed by atoms with Gasteiger partial charge in [0.15, 0.2) is 5.13 Å². The Morgan fingerprint density at radius 1 is 1.03 bits per heavy atom. The van der Waals surface area contributed by atoms with E-state index in [-0.39, 0.29) is 5.82 Å². The molecule has 4 aromatic rings. The molecule has 174 valence electrons. The lowest BCUT2D eigenvalue weighted by atomic mass is 9.94. The molecule has 5 nitrogen and oxygen atoms in total. The number of nitrogens with zero attached hydrogens (tertiary/aromatic N) is 5. The van der Waals surface area contributed by atoms with Crippen LogP contribution in [0, 0.1) is 5.82 Å². The van der Waals surface area contributed by atoms with Crippen molar-refractivity contribution in [2.45, 2.75) is 39.0 Å². The summed E-state index contributed by atoms with van der Waals surface area (Å²) in [7, 11) is 6.30. The van der Waals surface area contributed by atoms with Gasteiger partial charge in [0.05, 0.1) is 11.4 Å². The zero-order chi connectivity index (χ0) is 23.5. The van der Waals surface area contributed by atoms with Crippen LogP contribution in [0.15, 0.2) is 48.0 Å². The number of hydrogen-bond acceptors (Lipinski definition) is 5. The first-order valence-electron chi connectivity index (χ1n) is 11.5. The van der Waals surface area contributed by atoms with E-state index < -0.39 is 0 Å². The van der Waals surface area contributed by atoms with Gasteiger partial charge in [-0.05, 0) is 81.7 Å². The summed E-state index contributed by atoms with van der Waals surface area (Å²) in [6.07, 6.45) is 5.33. The molecule has 4 rings (SSSR count). The maximum Gasteiger partial charge on any atom is 0.191 e. The smallest absolute Gasteiger partial charge is 0.191 e. The van der Waals surface area contributed by atoms with Crippen LogP contribution in [0.5, 0.6) is 0 Å². The first kappa shape index (κ1) is 23.4. The van der Waals surface area contributed by atoms with Crippen molar-refractivity contribution < 1.29 is 4.39 Å². The molecule has 1 atom stereocenters. The van der Waals surface area contributed by atoms with Gasteiger partial charge in [0.2, 0.25) is 0 Å². The molecule has 0 bridgehead atoms. The Kier molecular flexibility index (Phi) is 7.10. The average Bonchev–Trinajstić information content (AvgIpc) is 3.44. The van der Waals surface area contributed by atoms with Crippen molar-refractivity contribution in [2.24, 2.45) is 0 Å². The van der Waals surface area contributed by atoms with E-state index in [0.29, 0.717) is 5.92 Å². The van der Waals surface area contributed by atoms with Gasteiger partial charge < -0.3 is 9.80 Å². The molecular weight excluding hydrogens is 433 g/mol. The number of aromatic nitrogens is 3. The fraction of sp³-hybridized carbons (Fsp3) is 0.385. The predicted molar refractivity (Wildman–Crippen MR) is 136 cm³/mol. The number of pyridine rings is 1. The highest BCUT2D eigenvalue weighted by Gasteiger charge is 2.20. The molecule has 0 saturated heterocycles. The second kappa shape index (κ2) is 10.0. The maximum atomic E-state index is 13.3. The zero-order valence-electron chi connectivity index (χ0n) is 20.0. The normalized spacial score (nSPS) is 12.6. The van der Waals surface area contributed by atoms with Crippen molar-refractivity contribution in [3.05, 3.63) is 65.0 Å². The first-order valence-corrected chi connectivity index (χ1v) is 12.4. The lowest BCUT2D eigenvalue weighted by molar-refractivity contribution is 0.378. The summed E-state index contributed by atoms with van der Waals surface area (Å²) in [6.45, 7) is 5.46. The average molecular weight is 466 g/mol. The van der Waals surface area contributed by atoms with Crippen molar-refractivity contribution in [1.29, 1.82) is 0 Å². The van der Waals surface area contributed by atoms with Gasteiger partial charge in [-0.25, -0.2) is 14.4 Å². The summed E-state index contributed by atoms with van der Waals surface area (Å²) >= 11 is 1.58. The van der Waals surface area contributed by atoms with Gasteiger partial charge in [0.25, 0.3) is 0 Å². The van der Waals surface area contributed by atoms with E-state index in [1.807, 2.05) is 12.4 Å². The van der Waals surface area contributed by atoms with E-state index in [2.05, 4.69) is 60.5 Å². The topological polar surface area (TPSA) is 36.7 Å². The Morgan fingerprint density at radius 2 is 1.79 bits per heavy atom. The number of anilines is 2. The van der Waals surface area contributed by atoms with Gasteiger partial charge >= 0.3 is 0 Å². The van der Waals surface area contributed by atoms with E-state index in [9.17, 15) is 4.39 Å². The van der Waals surface area contributed by atoms with Crippen molar-refractivity contribution in [3.63, 3.8) is 0 Å². The fourth-order valence-electron chi connectivity index (χ4n) is 4.21. The number of thiazole rings is 1. The molecule has 0 spiro atoms. The minimum atomic E-state index is -0.239. The Morgan fingerprint density at radius 3 is 2.45 bits per heavy atom. The number of halogens is 1. The zero-order valence-corrected chi connectivity index (χ0v) is 20.9. The number of benzene rings is 1. The van der Waals surface area contributed by atoms with Crippen molar-refractivity contribution in [2.75, 3.05) is 32.6 Å². The van der Waals surface area contributed by atoms with Crippen molar-refractivity contribution in [3.8, 4) is 11.3 Å². The molecule has 0 aliphatic carbocycles. The number of fused-ring (bicyclic) bond motifs is 1. The maximum absolute atomic E-state index is 13.3. The van der Waals surface area contributed by atoms with Gasteiger partial charge in [-0.3, -0.25) is 4.40 Å². The summed E-state index contributed by atoms with van der Waals surface area (Å²) in [5.41, 5.74) is 5.11. The molecule has 3 aromatic heterocycles. The minimum absolute atomic E-state index is 0.239. The van der Waals surface area contributed by atoms with Gasteiger partial charge in [-0.15, -0.1) is 11.3 Å². The van der Waals surface area contributed by atoms with Gasteiger partial charge in [-0.2, -0.15) is 0 Å². The molecule has 0 saturated carbocycles. The molecule has 0 aliphatic rings. The lowest BCUT2D eigenvalue weighted by Gasteiger charge is -2.20. The number of hydrogen-bond donors (Lipinski definition) is 0. The van der Waals surface area contributed by atoms with Crippen LogP contribution in [0.3, 0.4) is 0 Å². The second-order valence-electron chi connectivity index (χ2n) is 8.70. The monoisotopic (exact) mass is 465 g/mol. The third-order valence-electron chi connectivity index (χ3n) is 6.15. The molecule has 0 amide bonds. The number of aryl methyl sites for hydroxylation is 1. The summed E-state index contributed by atoms with van der Waals surface area (Å²) in [6, 6.07) is 10.8. The quantitative estimate of drug-likeness (QED) is 0.288. The van der Waals surface area contributed by atoms with Crippen LogP contribution in [-0.2, 0) is 6.42 Å². The lowest BCUT2D eigenvalue weighted by Crippen LogP contribution is -2.16. The van der Waals surface area contributed by atoms with E-state index >= 15 is 0 Å². The van der Waals surface area contributed by atoms with Crippen LogP contribution in [-0.4, -0.2) is 47.0 Å². The Labute approximate surface area is 199 Å². The van der Waals surface area contributed by atoms with Crippen LogP contribution in [0.1, 0.15) is 43.9 Å². The highest BCUT2D eigenvalue weighted by Crippen LogP contribution is 2.34. The molecule has 1 unspecified atom stereocenters. The Balaban J connectivity index is 1.70. The summed E-state index contributed by atoms with van der Waals surface area (Å²) in [4.78, 5) is 14.1. The number of imidazole rings is 1. The predicted octanol–water partition coefficient (Wildman–Crippen LogP) is 6.37. The Hall–Kier alpha value is -2.77. The van der Waals surface area contributed by atoms with Crippen LogP contribution in [0.4, 0.5) is 15.3 Å². The molecule has 7 heteroatoms. The van der Waals surface area contributed by atoms with Gasteiger partial charge in [0.1, 0.15) is 17.3 Å². The standard InChI is InChI=1S/C26H32FN5S/c1-6-18(14-15-30(3)4)20-10-13-24-28-22(7-2)25(32(24)16-20)31(5)26-29-23(17-33-26)19-8-11-21(27)12-9-19/h8-13,16-18H,6-7,14-15H2,1-5H3. The highest BCUT2D eigenvalue weighted by molar-refractivity contribution is 7.14. The third kappa shape index (κ3) is 4.94. The molecule has 0 aliphatic heterocycles. The Bertz CT molecular complexity index is 1210. The molecule has 33 heavy (non-hydrogen) atoms. The van der Waals surface area contributed by atoms with Crippen LogP contribution < -0.4 is 4.90 Å². The molecular formula is C26H32FN5S. The van der Waals surface area contributed by atoms with E-state index in [1.165, 1.54) is 17.7 Å². The van der Waals surface area contributed by atoms with Gasteiger partial charge in [0, 0.05) is 24.2 Å². The SMILES string of the molecule is CCc1nc2ccc(C(CC)CCN(C)C)cn2c1N(C)c1nc(-c2ccc(F)cc2)cs1. The van der Waals surface area contributed by atoms with E-state index in [0.717, 1.165) is 59.4 Å². The number of rotatable bonds is 9. The summed E-state index contributed by atoms with van der Waals surface area (Å²) < 4.78 is 15.5. The van der Waals surface area contributed by atoms with Gasteiger partial charge in [-0.1, -0.05) is 19.9 Å². The van der Waals surface area contributed by atoms with Crippen LogP contribution in [0.25, 0.3) is 16.9 Å². The van der Waals surface area contributed by atoms with E-state index in [4.69, 9.17) is 9.97 Å². The fourth-order valence-corrected chi connectivity index (χ4v) is 5.02. The van der Waals surface area contributed by atoms with Crippen LogP contribution >= 0.6 is 11.3 Å². The first-order chi connectivity index (χ1) is 15.9. The molecule has 0 fully saturated rings. The molecule has 3 heterocycles. The molecule has 0 radical (unpaired) electrons. The summed E-state index contributed by atoms with van der Waals surface area (Å²) in [5.74, 6) is 1.32. The second-order valence-corrected chi connectivity index (χ2v) is 9.54. The van der Waals surface area contributed by atoms with E-state index in [1.54, 1.807) is 23.5 Å². The van der Waals surface area contributed by atoms with Crippen molar-refractivity contribution >= 4 is 27.9 Å². The van der Waals surface area contributed by atoms with Crippen molar-refractivity contribution in [1.82, 2.24) is 19.3 Å². The van der Waals surface area contributed by atoms with Crippen LogP contribution in [0.2, 0.25) is 0 Å². The molecule has 0 N–H and O–H groups in total. The third-order valence-corrected chi connectivity index (χ3v) is 7.06. The highest BCUT2D eigenvalue weighted by atomic mass is 32.1. The summed E-state index contributed by atoms with van der Waals surface area (Å²) in [5, 5.41) is 2.91. The molecule has 1 aromatic carbocycles.